The second kappa shape index (κ2) is 8.80. The summed E-state index contributed by atoms with van der Waals surface area (Å²) in [4.78, 5) is 29.3. The number of fused-ring (bicyclic) bond motifs is 1. The minimum Gasteiger partial charge on any atom is -0.449 e. The van der Waals surface area contributed by atoms with Gasteiger partial charge in [-0.25, -0.2) is 4.79 Å². The first-order valence-corrected chi connectivity index (χ1v) is 9.57. The minimum absolute atomic E-state index is 0.269. The van der Waals surface area contributed by atoms with Crippen LogP contribution in [0.3, 0.4) is 0 Å². The number of pyridine rings is 1. The van der Waals surface area contributed by atoms with E-state index in [9.17, 15) is 9.59 Å². The van der Waals surface area contributed by atoms with E-state index in [-0.39, 0.29) is 5.91 Å². The van der Waals surface area contributed by atoms with Crippen LogP contribution in [0.4, 0.5) is 0 Å². The molecule has 0 unspecified atom stereocenters. The van der Waals surface area contributed by atoms with Crippen molar-refractivity contribution < 1.29 is 14.3 Å². The van der Waals surface area contributed by atoms with Crippen LogP contribution < -0.4 is 5.32 Å². The molecule has 1 heterocycles. The lowest BCUT2D eigenvalue weighted by Crippen LogP contribution is -2.36. The van der Waals surface area contributed by atoms with Gasteiger partial charge in [0.2, 0.25) is 0 Å². The molecule has 0 fully saturated rings. The van der Waals surface area contributed by atoms with E-state index >= 15 is 0 Å². The van der Waals surface area contributed by atoms with Crippen molar-refractivity contribution in [2.45, 2.75) is 52.1 Å². The molecule has 1 aromatic heterocycles. The number of carbonyl (C=O) groups excluding carboxylic acids is 2. The molecule has 0 saturated heterocycles. The van der Waals surface area contributed by atoms with E-state index in [1.165, 1.54) is 18.4 Å². The number of aryl methyl sites for hydroxylation is 1. The van der Waals surface area contributed by atoms with Crippen molar-refractivity contribution in [1.29, 1.82) is 0 Å². The molecule has 5 heteroatoms. The maximum absolute atomic E-state index is 12.6. The molecule has 27 heavy (non-hydrogen) atoms. The Labute approximate surface area is 159 Å². The molecule has 1 aliphatic rings. The summed E-state index contributed by atoms with van der Waals surface area (Å²) in [6.45, 7) is 4.01. The predicted molar refractivity (Wildman–Crippen MR) is 106 cm³/mol. The van der Waals surface area contributed by atoms with Crippen molar-refractivity contribution >= 4 is 22.8 Å². The molecule has 0 saturated carbocycles. The quantitative estimate of drug-likeness (QED) is 0.617. The van der Waals surface area contributed by atoms with Gasteiger partial charge in [0.25, 0.3) is 5.91 Å². The number of allylic oxidation sites excluding steroid dienone is 1. The first-order chi connectivity index (χ1) is 13.0. The molecule has 1 aromatic carbocycles. The molecule has 0 spiro atoms. The smallest absolute Gasteiger partial charge is 0.339 e. The van der Waals surface area contributed by atoms with Crippen molar-refractivity contribution in [1.82, 2.24) is 10.3 Å². The summed E-state index contributed by atoms with van der Waals surface area (Å²) in [5.74, 6) is -0.774. The third-order valence-corrected chi connectivity index (χ3v) is 4.85. The Kier molecular flexibility index (Phi) is 6.22. The van der Waals surface area contributed by atoms with Gasteiger partial charge in [0.1, 0.15) is 0 Å². The molecule has 1 amide bonds. The normalized spacial score (nSPS) is 15.1. The lowest BCUT2D eigenvalue weighted by atomic mass is 9.97. The number of benzene rings is 1. The number of esters is 1. The van der Waals surface area contributed by atoms with E-state index in [4.69, 9.17) is 4.74 Å². The zero-order valence-electron chi connectivity index (χ0n) is 16.0. The molecule has 1 atom stereocenters. The highest BCUT2D eigenvalue weighted by Crippen LogP contribution is 2.20. The maximum atomic E-state index is 12.6. The van der Waals surface area contributed by atoms with Crippen molar-refractivity contribution in [3.05, 3.63) is 53.2 Å². The lowest BCUT2D eigenvalue weighted by Gasteiger charge is -2.16. The molecule has 1 aliphatic carbocycles. The van der Waals surface area contributed by atoms with Crippen LogP contribution in [-0.2, 0) is 9.53 Å². The van der Waals surface area contributed by atoms with E-state index in [1.54, 1.807) is 13.0 Å². The van der Waals surface area contributed by atoms with Crippen LogP contribution in [0, 0.1) is 6.92 Å². The zero-order valence-corrected chi connectivity index (χ0v) is 16.0. The fraction of sp³-hybridized carbons (Fsp3) is 0.409. The van der Waals surface area contributed by atoms with Gasteiger partial charge in [-0.05, 0) is 58.1 Å². The van der Waals surface area contributed by atoms with Crippen LogP contribution in [0.15, 0.2) is 42.0 Å². The summed E-state index contributed by atoms with van der Waals surface area (Å²) in [6.07, 6.45) is 7.03. The van der Waals surface area contributed by atoms with E-state index in [0.29, 0.717) is 12.1 Å². The third kappa shape index (κ3) is 4.94. The van der Waals surface area contributed by atoms with Crippen molar-refractivity contribution in [3.8, 4) is 0 Å². The Bertz CT molecular complexity index is 873. The fourth-order valence-electron chi connectivity index (χ4n) is 3.38. The predicted octanol–water partition coefficient (Wildman–Crippen LogP) is 4.10. The molecule has 1 N–H and O–H groups in total. The van der Waals surface area contributed by atoms with Gasteiger partial charge in [0.15, 0.2) is 6.10 Å². The Morgan fingerprint density at radius 1 is 1.26 bits per heavy atom. The number of amides is 1. The van der Waals surface area contributed by atoms with E-state index in [1.807, 2.05) is 31.2 Å². The summed E-state index contributed by atoms with van der Waals surface area (Å²) in [5, 5.41) is 3.59. The number of carbonyl (C=O) groups is 2. The average Bonchev–Trinajstić information content (AvgIpc) is 2.67. The first-order valence-electron chi connectivity index (χ1n) is 9.57. The van der Waals surface area contributed by atoms with Gasteiger partial charge < -0.3 is 10.1 Å². The number of hydrogen-bond donors (Lipinski definition) is 1. The van der Waals surface area contributed by atoms with Gasteiger partial charge in [-0.3, -0.25) is 9.78 Å². The monoisotopic (exact) mass is 366 g/mol. The second-order valence-electron chi connectivity index (χ2n) is 7.03. The molecule has 0 radical (unpaired) electrons. The van der Waals surface area contributed by atoms with Crippen LogP contribution in [0.5, 0.6) is 0 Å². The number of para-hydroxylation sites is 1. The summed E-state index contributed by atoms with van der Waals surface area (Å²) in [7, 11) is 0. The molecular weight excluding hydrogens is 340 g/mol. The highest BCUT2D eigenvalue weighted by atomic mass is 16.5. The number of nitrogens with one attached hydrogen (secondary N) is 1. The van der Waals surface area contributed by atoms with Gasteiger partial charge in [-0.15, -0.1) is 0 Å². The number of aromatic nitrogens is 1. The van der Waals surface area contributed by atoms with Crippen molar-refractivity contribution in [3.63, 3.8) is 0 Å². The van der Waals surface area contributed by atoms with Crippen LogP contribution in [0.1, 0.15) is 55.1 Å². The standard InChI is InChI=1S/C22H26N2O3/c1-15-14-19(18-10-6-7-11-20(18)24-15)22(26)27-16(2)21(25)23-13-12-17-8-4-3-5-9-17/h6-8,10-11,14,16H,3-5,9,12-13H2,1-2H3,(H,23,25)/t16-/m0/s1. The number of rotatable bonds is 6. The Balaban J connectivity index is 1.58. The third-order valence-electron chi connectivity index (χ3n) is 4.85. The molecule has 2 aromatic rings. The van der Waals surface area contributed by atoms with E-state index in [0.717, 1.165) is 35.9 Å². The second-order valence-corrected chi connectivity index (χ2v) is 7.03. The SMILES string of the molecule is Cc1cc(C(=O)O[C@@H](C)C(=O)NCCC2=CCCCC2)c2ccccc2n1. The largest absolute Gasteiger partial charge is 0.449 e. The minimum atomic E-state index is -0.843. The lowest BCUT2D eigenvalue weighted by molar-refractivity contribution is -0.129. The average molecular weight is 366 g/mol. The maximum Gasteiger partial charge on any atom is 0.339 e. The Morgan fingerprint density at radius 2 is 2.07 bits per heavy atom. The highest BCUT2D eigenvalue weighted by molar-refractivity contribution is 6.04. The molecule has 0 bridgehead atoms. The zero-order chi connectivity index (χ0) is 19.2. The molecule has 5 nitrogen and oxygen atoms in total. The van der Waals surface area contributed by atoms with Crippen molar-refractivity contribution in [2.24, 2.45) is 0 Å². The van der Waals surface area contributed by atoms with Crippen molar-refractivity contribution in [2.75, 3.05) is 6.54 Å². The van der Waals surface area contributed by atoms with Gasteiger partial charge in [-0.1, -0.05) is 29.8 Å². The highest BCUT2D eigenvalue weighted by Gasteiger charge is 2.20. The molecular formula is C22H26N2O3. The van der Waals surface area contributed by atoms with Gasteiger partial charge >= 0.3 is 5.97 Å². The first kappa shape index (κ1) is 19.1. The van der Waals surface area contributed by atoms with Gasteiger partial charge in [0.05, 0.1) is 11.1 Å². The topological polar surface area (TPSA) is 68.3 Å². The van der Waals surface area contributed by atoms with Crippen LogP contribution in [-0.4, -0.2) is 29.5 Å². The van der Waals surface area contributed by atoms with Crippen LogP contribution in [0.2, 0.25) is 0 Å². The summed E-state index contributed by atoms with van der Waals surface area (Å²) < 4.78 is 5.41. The summed E-state index contributed by atoms with van der Waals surface area (Å²) >= 11 is 0. The molecule has 142 valence electrons. The number of hydrogen-bond acceptors (Lipinski definition) is 4. The number of ether oxygens (including phenoxy) is 1. The van der Waals surface area contributed by atoms with Gasteiger partial charge in [0, 0.05) is 17.6 Å². The number of nitrogens with zero attached hydrogens (tertiary/aromatic N) is 1. The summed E-state index contributed by atoms with van der Waals surface area (Å²) in [5.41, 5.74) is 3.32. The van der Waals surface area contributed by atoms with Gasteiger partial charge in [-0.2, -0.15) is 0 Å². The van der Waals surface area contributed by atoms with E-state index in [2.05, 4.69) is 16.4 Å². The Hall–Kier alpha value is -2.69. The Morgan fingerprint density at radius 3 is 2.85 bits per heavy atom. The summed E-state index contributed by atoms with van der Waals surface area (Å²) in [6, 6.07) is 9.12. The van der Waals surface area contributed by atoms with E-state index < -0.39 is 12.1 Å². The molecule has 3 rings (SSSR count). The van der Waals surface area contributed by atoms with Crippen LogP contribution >= 0.6 is 0 Å². The molecule has 0 aliphatic heterocycles. The van der Waals surface area contributed by atoms with Crippen LogP contribution in [0.25, 0.3) is 10.9 Å². The fourth-order valence-corrected chi connectivity index (χ4v) is 3.38.